The van der Waals surface area contributed by atoms with Crippen molar-refractivity contribution in [3.63, 3.8) is 0 Å². The number of ether oxygens (including phenoxy) is 1. The maximum Gasteiger partial charge on any atom is 0.0645 e. The minimum absolute atomic E-state index is 0.208. The van der Waals surface area contributed by atoms with Crippen LogP contribution in [0.3, 0.4) is 0 Å². The molecule has 0 amide bonds. The zero-order chi connectivity index (χ0) is 14.4. The summed E-state index contributed by atoms with van der Waals surface area (Å²) in [6.45, 7) is 12.2. The van der Waals surface area contributed by atoms with Crippen LogP contribution in [0.25, 0.3) is 0 Å². The van der Waals surface area contributed by atoms with E-state index in [9.17, 15) is 0 Å². The fraction of sp³-hybridized carbons (Fsp3) is 1.00. The molecule has 1 aliphatic heterocycles. The first-order chi connectivity index (χ1) is 9.63. The lowest BCUT2D eigenvalue weighted by Crippen LogP contribution is -2.56. The highest BCUT2D eigenvalue weighted by Crippen LogP contribution is 2.28. The first-order valence-corrected chi connectivity index (χ1v) is 8.69. The van der Waals surface area contributed by atoms with Crippen molar-refractivity contribution in [2.75, 3.05) is 32.8 Å². The van der Waals surface area contributed by atoms with Gasteiger partial charge in [0, 0.05) is 24.7 Å². The number of hydrogen-bond acceptors (Lipinski definition) is 3. The molecule has 2 aliphatic rings. The molecule has 2 fully saturated rings. The van der Waals surface area contributed by atoms with Gasteiger partial charge in [-0.1, -0.05) is 26.2 Å². The topological polar surface area (TPSA) is 24.5 Å². The molecule has 0 aromatic heterocycles. The molecule has 1 N–H and O–H groups in total. The van der Waals surface area contributed by atoms with Gasteiger partial charge in [-0.05, 0) is 45.6 Å². The summed E-state index contributed by atoms with van der Waals surface area (Å²) in [7, 11) is 0. The molecule has 20 heavy (non-hydrogen) atoms. The summed E-state index contributed by atoms with van der Waals surface area (Å²) in [6.07, 6.45) is 8.26. The van der Waals surface area contributed by atoms with Gasteiger partial charge in [-0.25, -0.2) is 0 Å². The molecule has 1 saturated heterocycles. The quantitative estimate of drug-likeness (QED) is 0.784. The Bertz CT molecular complexity index is 280. The van der Waals surface area contributed by atoms with Gasteiger partial charge in [0.25, 0.3) is 0 Å². The highest BCUT2D eigenvalue weighted by Gasteiger charge is 2.34. The molecule has 0 spiro atoms. The van der Waals surface area contributed by atoms with Crippen molar-refractivity contribution in [1.82, 2.24) is 10.2 Å². The number of nitrogens with zero attached hydrogens (tertiary/aromatic N) is 1. The van der Waals surface area contributed by atoms with Crippen molar-refractivity contribution in [1.29, 1.82) is 0 Å². The Labute approximate surface area is 125 Å². The number of morpholine rings is 1. The second-order valence-corrected chi connectivity index (χ2v) is 7.27. The van der Waals surface area contributed by atoms with E-state index in [1.165, 1.54) is 51.6 Å². The maximum atomic E-state index is 5.66. The van der Waals surface area contributed by atoms with Gasteiger partial charge in [-0.2, -0.15) is 0 Å². The van der Waals surface area contributed by atoms with Gasteiger partial charge in [-0.15, -0.1) is 0 Å². The normalized spacial score (nSPS) is 31.9. The van der Waals surface area contributed by atoms with Crippen molar-refractivity contribution in [2.24, 2.45) is 5.92 Å². The third-order valence-corrected chi connectivity index (χ3v) is 5.09. The molecule has 0 radical (unpaired) electrons. The van der Waals surface area contributed by atoms with Crippen LogP contribution in [0.1, 0.15) is 59.3 Å². The van der Waals surface area contributed by atoms with Gasteiger partial charge < -0.3 is 10.1 Å². The third-order valence-electron chi connectivity index (χ3n) is 5.09. The van der Waals surface area contributed by atoms with E-state index in [1.807, 2.05) is 0 Å². The van der Waals surface area contributed by atoms with E-state index < -0.39 is 0 Å². The van der Waals surface area contributed by atoms with Crippen LogP contribution in [0, 0.1) is 5.92 Å². The van der Waals surface area contributed by atoms with Crippen LogP contribution >= 0.6 is 0 Å². The molecule has 0 aromatic carbocycles. The molecule has 1 saturated carbocycles. The van der Waals surface area contributed by atoms with E-state index in [4.69, 9.17) is 4.74 Å². The SMILES string of the molecule is CCCNC1CCCCCC1CN1CCOCC1(C)C. The Balaban J connectivity index is 1.95. The van der Waals surface area contributed by atoms with Gasteiger partial charge in [0.15, 0.2) is 0 Å². The number of nitrogens with one attached hydrogen (secondary N) is 1. The van der Waals surface area contributed by atoms with Crippen LogP contribution in [0.5, 0.6) is 0 Å². The van der Waals surface area contributed by atoms with E-state index in [0.29, 0.717) is 0 Å². The molecule has 2 unspecified atom stereocenters. The summed E-state index contributed by atoms with van der Waals surface area (Å²) in [4.78, 5) is 2.67. The monoisotopic (exact) mass is 282 g/mol. The molecular weight excluding hydrogens is 248 g/mol. The molecular formula is C17H34N2O. The van der Waals surface area contributed by atoms with Gasteiger partial charge in [0.05, 0.1) is 13.2 Å². The van der Waals surface area contributed by atoms with E-state index in [1.54, 1.807) is 0 Å². The predicted octanol–water partition coefficient (Wildman–Crippen LogP) is 3.05. The van der Waals surface area contributed by atoms with Gasteiger partial charge in [-0.3, -0.25) is 4.90 Å². The molecule has 1 aliphatic carbocycles. The number of hydrogen-bond donors (Lipinski definition) is 1. The standard InChI is InChI=1S/C17H34N2O/c1-4-10-18-16-9-7-5-6-8-15(16)13-19-11-12-20-14-17(19,2)3/h15-16,18H,4-14H2,1-3H3. The Hall–Kier alpha value is -0.120. The van der Waals surface area contributed by atoms with Crippen molar-refractivity contribution >= 4 is 0 Å². The predicted molar refractivity (Wildman–Crippen MR) is 85.1 cm³/mol. The average molecular weight is 282 g/mol. The number of rotatable bonds is 5. The highest BCUT2D eigenvalue weighted by molar-refractivity contribution is 4.89. The fourth-order valence-corrected chi connectivity index (χ4v) is 3.71. The van der Waals surface area contributed by atoms with Crippen molar-refractivity contribution in [3.05, 3.63) is 0 Å². The smallest absolute Gasteiger partial charge is 0.0645 e. The molecule has 1 heterocycles. The second kappa shape index (κ2) is 7.77. The van der Waals surface area contributed by atoms with Crippen LogP contribution in [0.2, 0.25) is 0 Å². The van der Waals surface area contributed by atoms with Crippen molar-refractivity contribution in [2.45, 2.75) is 70.9 Å². The molecule has 118 valence electrons. The lowest BCUT2D eigenvalue weighted by molar-refractivity contribution is -0.0595. The van der Waals surface area contributed by atoms with Crippen LogP contribution in [0.15, 0.2) is 0 Å². The van der Waals surface area contributed by atoms with Gasteiger partial charge in [0.1, 0.15) is 0 Å². The van der Waals surface area contributed by atoms with Crippen molar-refractivity contribution < 1.29 is 4.74 Å². The van der Waals surface area contributed by atoms with Crippen LogP contribution in [-0.2, 0) is 4.74 Å². The first-order valence-electron chi connectivity index (χ1n) is 8.69. The van der Waals surface area contributed by atoms with Gasteiger partial charge >= 0.3 is 0 Å². The zero-order valence-electron chi connectivity index (χ0n) is 13.8. The highest BCUT2D eigenvalue weighted by atomic mass is 16.5. The maximum absolute atomic E-state index is 5.66. The molecule has 3 nitrogen and oxygen atoms in total. The summed E-state index contributed by atoms with van der Waals surface area (Å²) < 4.78 is 5.66. The molecule has 2 rings (SSSR count). The van der Waals surface area contributed by atoms with Crippen LogP contribution in [-0.4, -0.2) is 49.3 Å². The summed E-state index contributed by atoms with van der Waals surface area (Å²) in [6, 6.07) is 0.732. The first kappa shape index (κ1) is 16.3. The van der Waals surface area contributed by atoms with Crippen molar-refractivity contribution in [3.8, 4) is 0 Å². The minimum Gasteiger partial charge on any atom is -0.378 e. The molecule has 0 bridgehead atoms. The van der Waals surface area contributed by atoms with E-state index in [-0.39, 0.29) is 5.54 Å². The Morgan fingerprint density at radius 3 is 2.75 bits per heavy atom. The minimum atomic E-state index is 0.208. The fourth-order valence-electron chi connectivity index (χ4n) is 3.71. The van der Waals surface area contributed by atoms with Crippen LogP contribution < -0.4 is 5.32 Å². The Morgan fingerprint density at radius 1 is 1.20 bits per heavy atom. The van der Waals surface area contributed by atoms with E-state index in [0.717, 1.165) is 31.7 Å². The lowest BCUT2D eigenvalue weighted by Gasteiger charge is -2.44. The largest absolute Gasteiger partial charge is 0.378 e. The Kier molecular flexibility index (Phi) is 6.31. The van der Waals surface area contributed by atoms with E-state index in [2.05, 4.69) is 31.0 Å². The summed E-state index contributed by atoms with van der Waals surface area (Å²) in [5.41, 5.74) is 0.208. The third kappa shape index (κ3) is 4.44. The second-order valence-electron chi connectivity index (χ2n) is 7.27. The molecule has 3 heteroatoms. The average Bonchev–Trinajstić information content (AvgIpc) is 2.64. The Morgan fingerprint density at radius 2 is 2.00 bits per heavy atom. The zero-order valence-corrected chi connectivity index (χ0v) is 13.8. The van der Waals surface area contributed by atoms with E-state index >= 15 is 0 Å². The molecule has 0 aromatic rings. The van der Waals surface area contributed by atoms with Gasteiger partial charge in [0.2, 0.25) is 0 Å². The molecule has 2 atom stereocenters. The van der Waals surface area contributed by atoms with Crippen LogP contribution in [0.4, 0.5) is 0 Å². The lowest BCUT2D eigenvalue weighted by atomic mass is 9.91. The summed E-state index contributed by atoms with van der Waals surface area (Å²) >= 11 is 0. The summed E-state index contributed by atoms with van der Waals surface area (Å²) in [5, 5.41) is 3.82. The summed E-state index contributed by atoms with van der Waals surface area (Å²) in [5.74, 6) is 0.821.